The molecule has 0 radical (unpaired) electrons. The summed E-state index contributed by atoms with van der Waals surface area (Å²) in [6.45, 7) is 4.34. The lowest BCUT2D eigenvalue weighted by Gasteiger charge is -2.34. The second-order valence-electron chi connectivity index (χ2n) is 11.3. The van der Waals surface area contributed by atoms with Crippen LogP contribution < -0.4 is 16.0 Å². The third kappa shape index (κ3) is 6.17. The molecule has 4 aromatic rings. The lowest BCUT2D eigenvalue weighted by Crippen LogP contribution is -2.49. The normalized spacial score (nSPS) is 14.2. The van der Waals surface area contributed by atoms with Gasteiger partial charge in [-0.05, 0) is 63.8 Å². The van der Waals surface area contributed by atoms with Gasteiger partial charge in [-0.15, -0.1) is 5.10 Å². The van der Waals surface area contributed by atoms with Gasteiger partial charge < -0.3 is 30.9 Å². The number of benzene rings is 3. The second-order valence-corrected chi connectivity index (χ2v) is 11.3. The number of rotatable bonds is 9. The van der Waals surface area contributed by atoms with E-state index >= 15 is 0 Å². The molecular formula is C31H34N8O5. The third-order valence-electron chi connectivity index (χ3n) is 7.52. The SMILES string of the molecule is CN(C)C[C@@H](NC(=O)N1Cc2c(Nc3cccc(Nc4ccc([N+](=O)[O-])cc4)c3)nn(C(=O)O)c2C1(C)C)c1ccccc1. The number of hydrogen-bond acceptors (Lipinski definition) is 8. The number of amides is 2. The van der Waals surface area contributed by atoms with Crippen molar-refractivity contribution in [3.05, 3.63) is 106 Å². The zero-order valence-electron chi connectivity index (χ0n) is 24.8. The summed E-state index contributed by atoms with van der Waals surface area (Å²) < 4.78 is 0.929. The van der Waals surface area contributed by atoms with E-state index in [2.05, 4.69) is 21.0 Å². The number of carboxylic acid groups (broad SMARTS) is 1. The predicted molar refractivity (Wildman–Crippen MR) is 167 cm³/mol. The van der Waals surface area contributed by atoms with Crippen molar-refractivity contribution >= 4 is 40.7 Å². The van der Waals surface area contributed by atoms with Crippen LogP contribution in [0.15, 0.2) is 78.9 Å². The summed E-state index contributed by atoms with van der Waals surface area (Å²) in [5.74, 6) is 0.325. The van der Waals surface area contributed by atoms with Crippen LogP contribution in [-0.4, -0.2) is 62.4 Å². The third-order valence-corrected chi connectivity index (χ3v) is 7.52. The number of nitrogens with zero attached hydrogens (tertiary/aromatic N) is 5. The molecule has 1 atom stereocenters. The molecule has 0 saturated carbocycles. The number of carbonyl (C=O) groups excluding carboxylic acids is 1. The van der Waals surface area contributed by atoms with Gasteiger partial charge in [0.05, 0.1) is 28.7 Å². The Morgan fingerprint density at radius 2 is 1.66 bits per heavy atom. The second kappa shape index (κ2) is 12.1. The first-order chi connectivity index (χ1) is 20.9. The minimum atomic E-state index is -1.26. The molecule has 2 amide bonds. The minimum Gasteiger partial charge on any atom is -0.463 e. The number of aromatic nitrogens is 2. The zero-order valence-corrected chi connectivity index (χ0v) is 24.8. The Balaban J connectivity index is 1.39. The van der Waals surface area contributed by atoms with Crippen molar-refractivity contribution in [2.45, 2.75) is 32.0 Å². The first-order valence-corrected chi connectivity index (χ1v) is 14.0. The van der Waals surface area contributed by atoms with Gasteiger partial charge >= 0.3 is 12.1 Å². The van der Waals surface area contributed by atoms with Gasteiger partial charge in [0.15, 0.2) is 5.82 Å². The topological polar surface area (TPSA) is 158 Å². The summed E-state index contributed by atoms with van der Waals surface area (Å²) in [6, 6.07) is 22.4. The molecule has 13 nitrogen and oxygen atoms in total. The first kappa shape index (κ1) is 30.0. The molecular weight excluding hydrogens is 564 g/mol. The fourth-order valence-corrected chi connectivity index (χ4v) is 5.43. The lowest BCUT2D eigenvalue weighted by atomic mass is 10.0. The van der Waals surface area contributed by atoms with E-state index in [4.69, 9.17) is 0 Å². The van der Waals surface area contributed by atoms with Crippen LogP contribution in [0.4, 0.5) is 38.2 Å². The average Bonchev–Trinajstić information content (AvgIpc) is 3.48. The molecule has 0 bridgehead atoms. The maximum Gasteiger partial charge on any atom is 0.432 e. The molecule has 5 rings (SSSR count). The quantitative estimate of drug-likeness (QED) is 0.137. The fraction of sp³-hybridized carbons (Fsp3) is 0.258. The number of likely N-dealkylation sites (N-methyl/N-ethyl adjacent to an activating group) is 1. The van der Waals surface area contributed by atoms with Crippen LogP contribution in [-0.2, 0) is 12.1 Å². The summed E-state index contributed by atoms with van der Waals surface area (Å²) in [6.07, 6.45) is -1.26. The van der Waals surface area contributed by atoms with Gasteiger partial charge in [0.1, 0.15) is 0 Å². The Kier molecular flexibility index (Phi) is 8.23. The van der Waals surface area contributed by atoms with E-state index in [9.17, 15) is 24.8 Å². The molecule has 0 aliphatic carbocycles. The van der Waals surface area contributed by atoms with Gasteiger partial charge in [-0.25, -0.2) is 9.59 Å². The summed E-state index contributed by atoms with van der Waals surface area (Å²) in [5, 5.41) is 34.9. The highest BCUT2D eigenvalue weighted by Gasteiger charge is 2.47. The smallest absolute Gasteiger partial charge is 0.432 e. The van der Waals surface area contributed by atoms with Crippen LogP contribution in [0, 0.1) is 10.1 Å². The van der Waals surface area contributed by atoms with E-state index in [1.54, 1.807) is 17.0 Å². The molecule has 1 aromatic heterocycles. The Morgan fingerprint density at radius 1 is 1.00 bits per heavy atom. The largest absolute Gasteiger partial charge is 0.463 e. The molecule has 4 N–H and O–H groups in total. The van der Waals surface area contributed by atoms with Crippen molar-refractivity contribution in [3.63, 3.8) is 0 Å². The van der Waals surface area contributed by atoms with Gasteiger partial charge in [-0.2, -0.15) is 4.68 Å². The number of nitro benzene ring substituents is 1. The number of carbonyl (C=O) groups is 2. The highest BCUT2D eigenvalue weighted by Crippen LogP contribution is 2.43. The molecule has 13 heteroatoms. The summed E-state index contributed by atoms with van der Waals surface area (Å²) >= 11 is 0. The van der Waals surface area contributed by atoms with Crippen molar-refractivity contribution in [2.75, 3.05) is 31.3 Å². The number of urea groups is 1. The Hall–Kier alpha value is -5.43. The van der Waals surface area contributed by atoms with E-state index < -0.39 is 16.6 Å². The van der Waals surface area contributed by atoms with Crippen LogP contribution in [0.1, 0.15) is 36.7 Å². The van der Waals surface area contributed by atoms with E-state index in [-0.39, 0.29) is 24.3 Å². The average molecular weight is 599 g/mol. The summed E-state index contributed by atoms with van der Waals surface area (Å²) in [5.41, 5.74) is 2.98. The maximum absolute atomic E-state index is 13.8. The lowest BCUT2D eigenvalue weighted by molar-refractivity contribution is -0.384. The number of nitro groups is 1. The molecule has 44 heavy (non-hydrogen) atoms. The van der Waals surface area contributed by atoms with Crippen LogP contribution in [0.2, 0.25) is 0 Å². The number of non-ortho nitro benzene ring substituents is 1. The molecule has 0 saturated heterocycles. The Bertz CT molecular complexity index is 1690. The highest BCUT2D eigenvalue weighted by molar-refractivity contribution is 5.80. The molecule has 1 aliphatic rings. The van der Waals surface area contributed by atoms with Gasteiger partial charge in [-0.1, -0.05) is 36.4 Å². The first-order valence-electron chi connectivity index (χ1n) is 14.0. The Morgan fingerprint density at radius 3 is 2.27 bits per heavy atom. The molecule has 3 aromatic carbocycles. The highest BCUT2D eigenvalue weighted by atomic mass is 16.6. The predicted octanol–water partition coefficient (Wildman–Crippen LogP) is 5.87. The molecule has 228 valence electrons. The van der Waals surface area contributed by atoms with Crippen LogP contribution in [0.3, 0.4) is 0 Å². The zero-order chi connectivity index (χ0) is 31.6. The number of nitrogens with one attached hydrogen (secondary N) is 3. The van der Waals surface area contributed by atoms with E-state index in [0.717, 1.165) is 10.2 Å². The molecule has 0 fully saturated rings. The van der Waals surface area contributed by atoms with Gasteiger partial charge in [0, 0.05) is 41.3 Å². The van der Waals surface area contributed by atoms with Crippen molar-refractivity contribution < 1.29 is 19.6 Å². The molecule has 2 heterocycles. The van der Waals surface area contributed by atoms with Gasteiger partial charge in [0.2, 0.25) is 0 Å². The van der Waals surface area contributed by atoms with Crippen LogP contribution in [0.5, 0.6) is 0 Å². The van der Waals surface area contributed by atoms with Crippen molar-refractivity contribution in [1.29, 1.82) is 0 Å². The molecule has 0 spiro atoms. The molecule has 0 unspecified atom stereocenters. The number of hydrogen-bond donors (Lipinski definition) is 4. The van der Waals surface area contributed by atoms with Crippen LogP contribution in [0.25, 0.3) is 0 Å². The summed E-state index contributed by atoms with van der Waals surface area (Å²) in [7, 11) is 3.88. The molecule has 1 aliphatic heterocycles. The van der Waals surface area contributed by atoms with Gasteiger partial charge in [-0.3, -0.25) is 10.1 Å². The standard InChI is InChI=1S/C31H34N8O5/c1-31(2)27-25(18-37(31)29(40)34-26(19-36(3)4)20-9-6-5-7-10-20)28(35-38(27)30(41)42)33-23-12-8-11-22(17-23)32-21-13-15-24(16-14-21)39(43)44/h5-17,26,32H,18-19H2,1-4H3,(H,33,35)(H,34,40)(H,41,42)/t26-/m1/s1. The monoisotopic (exact) mass is 598 g/mol. The fourth-order valence-electron chi connectivity index (χ4n) is 5.43. The van der Waals surface area contributed by atoms with E-state index in [0.29, 0.717) is 40.7 Å². The van der Waals surface area contributed by atoms with E-state index in [1.807, 2.05) is 87.4 Å². The maximum atomic E-state index is 13.8. The number of anilines is 4. The van der Waals surface area contributed by atoms with E-state index in [1.165, 1.54) is 12.1 Å². The number of fused-ring (bicyclic) bond motifs is 1. The Labute approximate surface area is 254 Å². The van der Waals surface area contributed by atoms with Crippen molar-refractivity contribution in [1.82, 2.24) is 24.9 Å². The van der Waals surface area contributed by atoms with Crippen molar-refractivity contribution in [3.8, 4) is 0 Å². The van der Waals surface area contributed by atoms with Gasteiger partial charge in [0.25, 0.3) is 5.69 Å². The summed E-state index contributed by atoms with van der Waals surface area (Å²) in [4.78, 5) is 40.2. The minimum absolute atomic E-state index is 0.00669. The van der Waals surface area contributed by atoms with Crippen molar-refractivity contribution in [2.24, 2.45) is 0 Å². The van der Waals surface area contributed by atoms with Crippen LogP contribution >= 0.6 is 0 Å².